The minimum absolute atomic E-state index is 0.0416. The number of ether oxygens (including phenoxy) is 1. The van der Waals surface area contributed by atoms with Crippen LogP contribution in [0.25, 0.3) is 10.9 Å². The van der Waals surface area contributed by atoms with Gasteiger partial charge in [0.1, 0.15) is 11.2 Å². The highest BCUT2D eigenvalue weighted by atomic mass is 16.7. The van der Waals surface area contributed by atoms with Crippen LogP contribution in [0.2, 0.25) is 0 Å². The maximum absolute atomic E-state index is 12.3. The highest BCUT2D eigenvalue weighted by molar-refractivity contribution is 6.02. The molecule has 1 saturated heterocycles. The number of aromatic nitrogens is 1. The van der Waals surface area contributed by atoms with Crippen LogP contribution in [-0.4, -0.2) is 39.6 Å². The van der Waals surface area contributed by atoms with Crippen LogP contribution < -0.4 is 5.48 Å². The number of carbonyl (C=O) groups excluding carboxylic acids is 1. The molecule has 3 fully saturated rings. The number of benzene rings is 1. The Morgan fingerprint density at radius 1 is 1.31 bits per heavy atom. The fourth-order valence-corrected chi connectivity index (χ4v) is 5.98. The van der Waals surface area contributed by atoms with Gasteiger partial charge in [0.25, 0.3) is 0 Å². The summed E-state index contributed by atoms with van der Waals surface area (Å²) >= 11 is 0. The van der Waals surface area contributed by atoms with Gasteiger partial charge in [-0.25, -0.2) is 15.1 Å². The zero-order valence-corrected chi connectivity index (χ0v) is 18.1. The highest BCUT2D eigenvalue weighted by Crippen LogP contribution is 2.78. The van der Waals surface area contributed by atoms with Crippen molar-refractivity contribution in [3.8, 4) is 0 Å². The standard InChI is InChI=1S/C24H25N3O5/c1-22(2)11-15(5-8-31-22)14-3-4-17-16(9-14)10-18(20(29)30)27(17)24(13-23(24)6-7-23)21-25-19(12-28)32-26-21/h3-4,9-10,15H,5-8,11,13H2,1-2H3,(H,25,26)(H,29,30)/t15-,24?/m0/s1. The lowest BCUT2D eigenvalue weighted by molar-refractivity contribution is -0.0592. The number of carboxylic acids is 1. The van der Waals surface area contributed by atoms with Crippen LogP contribution in [0.15, 0.2) is 35.1 Å². The highest BCUT2D eigenvalue weighted by Gasteiger charge is 2.79. The first-order chi connectivity index (χ1) is 15.3. The Hall–Kier alpha value is -3.09. The Balaban J connectivity index is 1.49. The van der Waals surface area contributed by atoms with Crippen LogP contribution in [0.4, 0.5) is 0 Å². The number of amidine groups is 1. The van der Waals surface area contributed by atoms with E-state index in [1.165, 1.54) is 5.56 Å². The molecule has 1 unspecified atom stereocenters. The van der Waals surface area contributed by atoms with E-state index in [-0.39, 0.29) is 22.6 Å². The Labute approximate surface area is 184 Å². The largest absolute Gasteiger partial charge is 0.477 e. The van der Waals surface area contributed by atoms with Crippen LogP contribution in [-0.2, 0) is 19.9 Å². The number of rotatable bonds is 4. The van der Waals surface area contributed by atoms with Crippen molar-refractivity contribution in [3.63, 3.8) is 0 Å². The van der Waals surface area contributed by atoms with E-state index in [1.54, 1.807) is 12.0 Å². The molecule has 0 radical (unpaired) electrons. The van der Waals surface area contributed by atoms with E-state index in [2.05, 4.69) is 36.5 Å². The van der Waals surface area contributed by atoms with E-state index in [0.717, 1.165) is 49.6 Å². The molecule has 1 aromatic heterocycles. The van der Waals surface area contributed by atoms with Crippen molar-refractivity contribution in [2.75, 3.05) is 6.61 Å². The van der Waals surface area contributed by atoms with Gasteiger partial charge in [0.05, 0.1) is 5.60 Å². The number of carboxylic acid groups (broad SMARTS) is 1. The van der Waals surface area contributed by atoms with Gasteiger partial charge in [0.2, 0.25) is 0 Å². The molecule has 32 heavy (non-hydrogen) atoms. The Morgan fingerprint density at radius 2 is 2.12 bits per heavy atom. The van der Waals surface area contributed by atoms with Crippen molar-refractivity contribution in [3.05, 3.63) is 41.4 Å². The Bertz CT molecular complexity index is 1250. The average molecular weight is 435 g/mol. The molecular weight excluding hydrogens is 410 g/mol. The normalized spacial score (nSPS) is 29.2. The number of nitrogens with one attached hydrogen (secondary N) is 1. The lowest BCUT2D eigenvalue weighted by Gasteiger charge is -2.35. The van der Waals surface area contributed by atoms with E-state index in [9.17, 15) is 14.7 Å². The molecule has 1 spiro atoms. The lowest BCUT2D eigenvalue weighted by Crippen LogP contribution is -2.39. The van der Waals surface area contributed by atoms with E-state index < -0.39 is 11.5 Å². The predicted octanol–water partition coefficient (Wildman–Crippen LogP) is 3.50. The van der Waals surface area contributed by atoms with Crippen molar-refractivity contribution in [1.29, 1.82) is 0 Å². The molecule has 3 heterocycles. The van der Waals surface area contributed by atoms with Crippen LogP contribution in [0.1, 0.15) is 67.9 Å². The fraction of sp³-hybridized carbons (Fsp3) is 0.500. The van der Waals surface area contributed by atoms with E-state index in [4.69, 9.17) is 9.57 Å². The van der Waals surface area contributed by atoms with Crippen LogP contribution in [0, 0.1) is 5.41 Å². The summed E-state index contributed by atoms with van der Waals surface area (Å²) in [7, 11) is 0. The second-order valence-electron chi connectivity index (χ2n) is 10.2. The van der Waals surface area contributed by atoms with Gasteiger partial charge in [0, 0.05) is 22.9 Å². The molecule has 8 heteroatoms. The summed E-state index contributed by atoms with van der Waals surface area (Å²) in [5.41, 5.74) is 4.20. The first-order valence-electron chi connectivity index (χ1n) is 11.1. The van der Waals surface area contributed by atoms with Gasteiger partial charge in [0.15, 0.2) is 11.8 Å². The lowest BCUT2D eigenvalue weighted by atomic mass is 9.83. The third-order valence-corrected chi connectivity index (χ3v) is 7.73. The minimum Gasteiger partial charge on any atom is -0.477 e. The van der Waals surface area contributed by atoms with Gasteiger partial charge in [-0.05, 0) is 75.6 Å². The van der Waals surface area contributed by atoms with E-state index >= 15 is 0 Å². The van der Waals surface area contributed by atoms with Gasteiger partial charge >= 0.3 is 11.9 Å². The molecule has 2 aromatic rings. The van der Waals surface area contributed by atoms with Crippen molar-refractivity contribution in [1.82, 2.24) is 10.0 Å². The summed E-state index contributed by atoms with van der Waals surface area (Å²) in [5, 5.41) is 11.0. The number of fused-ring (bicyclic) bond motifs is 1. The van der Waals surface area contributed by atoms with Crippen LogP contribution in [0.3, 0.4) is 0 Å². The molecule has 0 bridgehead atoms. The molecule has 6 rings (SSSR count). The molecule has 2 aliphatic carbocycles. The number of hydrogen-bond donors (Lipinski definition) is 2. The predicted molar refractivity (Wildman–Crippen MR) is 116 cm³/mol. The molecular formula is C24H25N3O5. The molecule has 0 amide bonds. The van der Waals surface area contributed by atoms with Crippen molar-refractivity contribution >= 4 is 28.6 Å². The number of carbonyl (C=O) groups is 1. The monoisotopic (exact) mass is 435 g/mol. The SMILES string of the molecule is CC1(C)C[C@@H](c2ccc3c(c2)cc(C(=O)O)n3C2(C3=NC(=C=O)ON3)CC23CC3)CCO1. The molecule has 2 saturated carbocycles. The van der Waals surface area contributed by atoms with E-state index in [1.807, 2.05) is 10.6 Å². The molecule has 2 aliphatic heterocycles. The second-order valence-corrected chi connectivity index (χ2v) is 10.2. The first-order valence-corrected chi connectivity index (χ1v) is 11.1. The van der Waals surface area contributed by atoms with Gasteiger partial charge in [-0.3, -0.25) is 0 Å². The van der Waals surface area contributed by atoms with Crippen molar-refractivity contribution in [2.45, 2.75) is 63.0 Å². The number of aromatic carboxylic acids is 1. The third kappa shape index (κ3) is 2.63. The molecule has 1 aromatic carbocycles. The molecule has 2 atom stereocenters. The Morgan fingerprint density at radius 3 is 2.75 bits per heavy atom. The summed E-state index contributed by atoms with van der Waals surface area (Å²) in [6.07, 6.45) is 4.62. The van der Waals surface area contributed by atoms with Crippen molar-refractivity contribution < 1.29 is 24.3 Å². The summed E-state index contributed by atoms with van der Waals surface area (Å²) in [6, 6.07) is 8.03. The molecule has 2 N–H and O–H groups in total. The maximum Gasteiger partial charge on any atom is 0.352 e. The minimum atomic E-state index is -0.984. The number of hydrogen-bond acceptors (Lipinski definition) is 6. The summed E-state index contributed by atoms with van der Waals surface area (Å²) in [6.45, 7) is 4.95. The summed E-state index contributed by atoms with van der Waals surface area (Å²) < 4.78 is 7.77. The fourth-order valence-electron chi connectivity index (χ4n) is 5.98. The smallest absolute Gasteiger partial charge is 0.352 e. The number of nitrogens with zero attached hydrogens (tertiary/aromatic N) is 2. The topological polar surface area (TPSA) is 102 Å². The van der Waals surface area contributed by atoms with Crippen molar-refractivity contribution in [2.24, 2.45) is 10.4 Å². The first kappa shape index (κ1) is 19.6. The maximum atomic E-state index is 12.3. The molecule has 166 valence electrons. The van der Waals surface area contributed by atoms with Gasteiger partial charge in [-0.15, -0.1) is 0 Å². The second kappa shape index (κ2) is 6.24. The van der Waals surface area contributed by atoms with E-state index in [0.29, 0.717) is 11.8 Å². The number of hydroxylamine groups is 1. The van der Waals surface area contributed by atoms with Gasteiger partial charge in [-0.1, -0.05) is 6.07 Å². The summed E-state index contributed by atoms with van der Waals surface area (Å²) in [5.74, 6) is 1.40. The number of aliphatic imine (C=N–C) groups is 1. The molecule has 8 nitrogen and oxygen atoms in total. The van der Waals surface area contributed by atoms with Gasteiger partial charge < -0.3 is 19.2 Å². The third-order valence-electron chi connectivity index (χ3n) is 7.73. The van der Waals surface area contributed by atoms with Crippen LogP contribution in [0.5, 0.6) is 0 Å². The Kier molecular flexibility index (Phi) is 3.82. The summed E-state index contributed by atoms with van der Waals surface area (Å²) in [4.78, 5) is 32.8. The van der Waals surface area contributed by atoms with Gasteiger partial charge in [-0.2, -0.15) is 4.99 Å². The quantitative estimate of drug-likeness (QED) is 0.713. The molecule has 4 aliphatic rings. The zero-order valence-electron chi connectivity index (χ0n) is 18.1. The average Bonchev–Trinajstić information content (AvgIpc) is 3.53. The van der Waals surface area contributed by atoms with Crippen LogP contribution >= 0.6 is 0 Å². The zero-order chi connectivity index (χ0) is 22.3.